The Balaban J connectivity index is 2.25. The lowest BCUT2D eigenvalue weighted by Crippen LogP contribution is -2.21. The van der Waals surface area contributed by atoms with Crippen molar-refractivity contribution in [1.29, 1.82) is 0 Å². The van der Waals surface area contributed by atoms with Crippen molar-refractivity contribution < 1.29 is 9.31 Å². The average Bonchev–Trinajstić information content (AvgIpc) is 2.84. The van der Waals surface area contributed by atoms with Gasteiger partial charge in [0.1, 0.15) is 15.8 Å². The monoisotopic (exact) mass is 296 g/mol. The van der Waals surface area contributed by atoms with E-state index < -0.39 is 10.7 Å². The van der Waals surface area contributed by atoms with E-state index >= 15 is 0 Å². The average molecular weight is 296 g/mol. The number of rotatable bonds is 5. The highest BCUT2D eigenvalue weighted by Crippen LogP contribution is 2.28. The van der Waals surface area contributed by atoms with Crippen molar-refractivity contribution in [3.8, 4) is 10.6 Å². The zero-order valence-electron chi connectivity index (χ0n) is 11.0. The molecule has 0 fully saturated rings. The summed E-state index contributed by atoms with van der Waals surface area (Å²) in [6.07, 6.45) is 0. The topological polar surface area (TPSA) is 81.0 Å². The van der Waals surface area contributed by atoms with Crippen molar-refractivity contribution in [3.05, 3.63) is 39.1 Å². The van der Waals surface area contributed by atoms with Crippen LogP contribution in [0.25, 0.3) is 10.6 Å². The summed E-state index contributed by atoms with van der Waals surface area (Å²) < 4.78 is 13.4. The Hall–Kier alpha value is -1.93. The second-order valence-corrected chi connectivity index (χ2v) is 5.55. The van der Waals surface area contributed by atoms with Gasteiger partial charge in [0, 0.05) is 24.2 Å². The SMILES string of the molecule is CC(C)NCc1nnc(-c2cc(F)cc([N+](=O)[O-])c2)s1. The molecule has 0 aliphatic heterocycles. The molecule has 0 aliphatic carbocycles. The van der Waals surface area contributed by atoms with Crippen LogP contribution in [0.15, 0.2) is 18.2 Å². The fraction of sp³-hybridized carbons (Fsp3) is 0.333. The van der Waals surface area contributed by atoms with E-state index in [0.717, 1.165) is 11.1 Å². The van der Waals surface area contributed by atoms with Gasteiger partial charge in [0.2, 0.25) is 0 Å². The lowest BCUT2D eigenvalue weighted by Gasteiger charge is -2.03. The number of hydrogen-bond acceptors (Lipinski definition) is 6. The molecule has 106 valence electrons. The Labute approximate surface area is 118 Å². The Morgan fingerprint density at radius 2 is 2.15 bits per heavy atom. The summed E-state index contributed by atoms with van der Waals surface area (Å²) in [5.74, 6) is -0.661. The normalized spacial score (nSPS) is 11.0. The number of aromatic nitrogens is 2. The molecule has 0 unspecified atom stereocenters. The molecule has 1 aromatic carbocycles. The van der Waals surface area contributed by atoms with E-state index in [1.165, 1.54) is 23.5 Å². The van der Waals surface area contributed by atoms with Gasteiger partial charge in [0.15, 0.2) is 0 Å². The molecule has 6 nitrogen and oxygen atoms in total. The Morgan fingerprint density at radius 3 is 2.80 bits per heavy atom. The number of halogens is 1. The fourth-order valence-electron chi connectivity index (χ4n) is 1.54. The molecule has 8 heteroatoms. The molecule has 1 heterocycles. The Bertz CT molecular complexity index is 630. The Kier molecular flexibility index (Phi) is 4.35. The second-order valence-electron chi connectivity index (χ2n) is 4.49. The number of nitro groups is 1. The van der Waals surface area contributed by atoms with E-state index in [4.69, 9.17) is 0 Å². The van der Waals surface area contributed by atoms with Gasteiger partial charge in [-0.1, -0.05) is 25.2 Å². The van der Waals surface area contributed by atoms with E-state index in [2.05, 4.69) is 15.5 Å². The minimum Gasteiger partial charge on any atom is -0.308 e. The zero-order chi connectivity index (χ0) is 14.7. The van der Waals surface area contributed by atoms with Gasteiger partial charge in [-0.2, -0.15) is 0 Å². The number of non-ortho nitro benzene ring substituents is 1. The zero-order valence-corrected chi connectivity index (χ0v) is 11.8. The molecule has 0 spiro atoms. The van der Waals surface area contributed by atoms with Gasteiger partial charge < -0.3 is 5.32 Å². The van der Waals surface area contributed by atoms with Crippen molar-refractivity contribution in [1.82, 2.24) is 15.5 Å². The van der Waals surface area contributed by atoms with Crippen LogP contribution >= 0.6 is 11.3 Å². The third-order valence-corrected chi connectivity index (χ3v) is 3.44. The molecule has 2 aromatic rings. The summed E-state index contributed by atoms with van der Waals surface area (Å²) in [5, 5.41) is 23.1. The summed E-state index contributed by atoms with van der Waals surface area (Å²) >= 11 is 1.28. The van der Waals surface area contributed by atoms with Crippen molar-refractivity contribution >= 4 is 17.0 Å². The van der Waals surface area contributed by atoms with Gasteiger partial charge in [-0.3, -0.25) is 10.1 Å². The molecule has 0 amide bonds. The molecule has 1 aromatic heterocycles. The maximum atomic E-state index is 13.4. The van der Waals surface area contributed by atoms with Crippen LogP contribution in [0.1, 0.15) is 18.9 Å². The molecular weight excluding hydrogens is 283 g/mol. The standard InChI is InChI=1S/C12H13FN4O2S/c1-7(2)14-6-11-15-16-12(20-11)8-3-9(13)5-10(4-8)17(18)19/h3-5,7,14H,6H2,1-2H3. The van der Waals surface area contributed by atoms with Crippen molar-refractivity contribution in [2.75, 3.05) is 0 Å². The van der Waals surface area contributed by atoms with Crippen LogP contribution in [0.5, 0.6) is 0 Å². The van der Waals surface area contributed by atoms with Gasteiger partial charge in [0.05, 0.1) is 11.0 Å². The highest BCUT2D eigenvalue weighted by molar-refractivity contribution is 7.14. The van der Waals surface area contributed by atoms with E-state index in [0.29, 0.717) is 23.2 Å². The van der Waals surface area contributed by atoms with Crippen LogP contribution in [0.3, 0.4) is 0 Å². The summed E-state index contributed by atoms with van der Waals surface area (Å²) in [5.41, 5.74) is 0.0713. The summed E-state index contributed by atoms with van der Waals surface area (Å²) in [7, 11) is 0. The highest BCUT2D eigenvalue weighted by atomic mass is 32.1. The van der Waals surface area contributed by atoms with Crippen molar-refractivity contribution in [3.63, 3.8) is 0 Å². The second kappa shape index (κ2) is 6.02. The lowest BCUT2D eigenvalue weighted by molar-refractivity contribution is -0.385. The van der Waals surface area contributed by atoms with Crippen molar-refractivity contribution in [2.45, 2.75) is 26.4 Å². The van der Waals surface area contributed by atoms with E-state index in [1.54, 1.807) is 0 Å². The first kappa shape index (κ1) is 14.5. The first-order chi connectivity index (χ1) is 9.45. The van der Waals surface area contributed by atoms with Crippen LogP contribution in [0, 0.1) is 15.9 Å². The van der Waals surface area contributed by atoms with Crippen molar-refractivity contribution in [2.24, 2.45) is 0 Å². The maximum Gasteiger partial charge on any atom is 0.273 e. The Morgan fingerprint density at radius 1 is 1.40 bits per heavy atom. The summed E-state index contributed by atoms with van der Waals surface area (Å²) in [6.45, 7) is 4.59. The highest BCUT2D eigenvalue weighted by Gasteiger charge is 2.14. The van der Waals surface area contributed by atoms with E-state index in [-0.39, 0.29) is 5.69 Å². The molecular formula is C12H13FN4O2S. The van der Waals surface area contributed by atoms with E-state index in [9.17, 15) is 14.5 Å². The molecule has 0 atom stereocenters. The van der Waals surface area contributed by atoms with Crippen LogP contribution in [0.2, 0.25) is 0 Å². The molecule has 0 bridgehead atoms. The number of nitro benzene ring substituents is 1. The first-order valence-electron chi connectivity index (χ1n) is 5.97. The van der Waals surface area contributed by atoms with E-state index in [1.807, 2.05) is 13.8 Å². The van der Waals surface area contributed by atoms with Crippen LogP contribution in [-0.2, 0) is 6.54 Å². The molecule has 0 radical (unpaired) electrons. The van der Waals surface area contributed by atoms with Crippen LogP contribution in [-0.4, -0.2) is 21.2 Å². The molecule has 1 N–H and O–H groups in total. The first-order valence-corrected chi connectivity index (χ1v) is 6.78. The third kappa shape index (κ3) is 3.55. The predicted octanol–water partition coefficient (Wildman–Crippen LogP) is 2.75. The predicted molar refractivity (Wildman–Crippen MR) is 73.9 cm³/mol. The largest absolute Gasteiger partial charge is 0.308 e. The van der Waals surface area contributed by atoms with Gasteiger partial charge >= 0.3 is 0 Å². The number of benzene rings is 1. The number of nitrogens with zero attached hydrogens (tertiary/aromatic N) is 3. The summed E-state index contributed by atoms with van der Waals surface area (Å²) in [4.78, 5) is 10.1. The smallest absolute Gasteiger partial charge is 0.273 e. The van der Waals surface area contributed by atoms with Gasteiger partial charge in [-0.05, 0) is 6.07 Å². The maximum absolute atomic E-state index is 13.4. The number of hydrogen-bond donors (Lipinski definition) is 1. The van der Waals surface area contributed by atoms with Crippen LogP contribution in [0.4, 0.5) is 10.1 Å². The fourth-order valence-corrected chi connectivity index (χ4v) is 2.31. The quantitative estimate of drug-likeness (QED) is 0.677. The minimum absolute atomic E-state index is 0.294. The lowest BCUT2D eigenvalue weighted by atomic mass is 10.2. The molecule has 2 rings (SSSR count). The molecule has 0 saturated heterocycles. The summed E-state index contributed by atoms with van der Waals surface area (Å²) in [6, 6.07) is 3.71. The number of nitrogens with one attached hydrogen (secondary N) is 1. The minimum atomic E-state index is -0.661. The third-order valence-electron chi connectivity index (χ3n) is 2.47. The van der Waals surface area contributed by atoms with Gasteiger partial charge in [0.25, 0.3) is 5.69 Å². The van der Waals surface area contributed by atoms with Gasteiger partial charge in [-0.15, -0.1) is 10.2 Å². The molecule has 0 saturated carbocycles. The molecule has 0 aliphatic rings. The molecule has 20 heavy (non-hydrogen) atoms. The van der Waals surface area contributed by atoms with Gasteiger partial charge in [-0.25, -0.2) is 4.39 Å². The van der Waals surface area contributed by atoms with Crippen LogP contribution < -0.4 is 5.32 Å².